The molecule has 2 aromatic carbocycles. The molecule has 1 amide bonds. The van der Waals surface area contributed by atoms with E-state index in [-0.39, 0.29) is 12.5 Å². The van der Waals surface area contributed by atoms with Crippen LogP contribution in [-0.2, 0) is 22.6 Å². The Morgan fingerprint density at radius 2 is 1.82 bits per heavy atom. The first-order valence-electron chi connectivity index (χ1n) is 10.7. The molecule has 0 bridgehead atoms. The van der Waals surface area contributed by atoms with Gasteiger partial charge in [0.1, 0.15) is 11.6 Å². The fourth-order valence-corrected chi connectivity index (χ4v) is 4.02. The number of anilines is 1. The third-order valence-corrected chi connectivity index (χ3v) is 5.91. The highest BCUT2D eigenvalue weighted by molar-refractivity contribution is 7.16. The van der Waals surface area contributed by atoms with Crippen LogP contribution in [0.25, 0.3) is 6.08 Å². The molecule has 33 heavy (non-hydrogen) atoms. The van der Waals surface area contributed by atoms with Gasteiger partial charge in [-0.15, -0.1) is 11.3 Å². The van der Waals surface area contributed by atoms with Gasteiger partial charge in [0.2, 0.25) is 5.91 Å². The van der Waals surface area contributed by atoms with E-state index in [9.17, 15) is 9.59 Å². The van der Waals surface area contributed by atoms with Gasteiger partial charge in [0.15, 0.2) is 11.5 Å². The average molecular weight is 466 g/mol. The molecule has 0 radical (unpaired) electrons. The van der Waals surface area contributed by atoms with Crippen molar-refractivity contribution in [2.45, 2.75) is 26.9 Å². The van der Waals surface area contributed by atoms with Crippen molar-refractivity contribution in [1.82, 2.24) is 0 Å². The third kappa shape index (κ3) is 6.70. The van der Waals surface area contributed by atoms with Crippen molar-refractivity contribution in [1.29, 1.82) is 0 Å². The number of hydrogen-bond acceptors (Lipinski definition) is 6. The van der Waals surface area contributed by atoms with Crippen LogP contribution in [0.15, 0.2) is 60.7 Å². The molecule has 0 aliphatic rings. The van der Waals surface area contributed by atoms with Crippen molar-refractivity contribution < 1.29 is 23.8 Å². The van der Waals surface area contributed by atoms with E-state index in [0.717, 1.165) is 22.4 Å². The van der Waals surface area contributed by atoms with Gasteiger partial charge >= 0.3 is 5.97 Å². The quantitative estimate of drug-likeness (QED) is 0.306. The number of methoxy groups -OCH3 is 1. The predicted octanol–water partition coefficient (Wildman–Crippen LogP) is 5.73. The maximum atomic E-state index is 12.5. The van der Waals surface area contributed by atoms with Gasteiger partial charge in [0, 0.05) is 11.0 Å². The van der Waals surface area contributed by atoms with Crippen LogP contribution in [0.2, 0.25) is 0 Å². The molecule has 1 heterocycles. The van der Waals surface area contributed by atoms with Crippen molar-refractivity contribution >= 4 is 34.3 Å². The second-order valence-electron chi connectivity index (χ2n) is 7.04. The minimum Gasteiger partial charge on any atom is -0.493 e. The molecule has 3 rings (SSSR count). The van der Waals surface area contributed by atoms with Crippen LogP contribution >= 0.6 is 11.3 Å². The maximum absolute atomic E-state index is 12.5. The molecule has 0 unspecified atom stereocenters. The zero-order valence-electron chi connectivity index (χ0n) is 18.9. The Labute approximate surface area is 197 Å². The van der Waals surface area contributed by atoms with Crippen LogP contribution < -0.4 is 14.8 Å². The lowest BCUT2D eigenvalue weighted by Crippen LogP contribution is -2.11. The van der Waals surface area contributed by atoms with Crippen molar-refractivity contribution in [3.05, 3.63) is 82.2 Å². The molecule has 0 spiro atoms. The summed E-state index contributed by atoms with van der Waals surface area (Å²) >= 11 is 1.37. The molecule has 1 N–H and O–H groups in total. The first kappa shape index (κ1) is 24.1. The Morgan fingerprint density at radius 1 is 1.03 bits per heavy atom. The zero-order chi connectivity index (χ0) is 23.6. The van der Waals surface area contributed by atoms with Gasteiger partial charge in [0.05, 0.1) is 19.3 Å². The van der Waals surface area contributed by atoms with Gasteiger partial charge in [-0.05, 0) is 48.7 Å². The lowest BCUT2D eigenvalue weighted by atomic mass is 10.2. The number of hydrogen-bond donors (Lipinski definition) is 1. The average Bonchev–Trinajstić information content (AvgIpc) is 3.25. The molecule has 172 valence electrons. The van der Waals surface area contributed by atoms with Gasteiger partial charge < -0.3 is 19.5 Å². The maximum Gasteiger partial charge on any atom is 0.341 e. The van der Waals surface area contributed by atoms with E-state index in [0.29, 0.717) is 28.7 Å². The van der Waals surface area contributed by atoms with Crippen molar-refractivity contribution in [3.63, 3.8) is 0 Å². The Balaban J connectivity index is 1.67. The fourth-order valence-electron chi connectivity index (χ4n) is 3.04. The summed E-state index contributed by atoms with van der Waals surface area (Å²) in [6, 6.07) is 17.1. The summed E-state index contributed by atoms with van der Waals surface area (Å²) in [6.07, 6.45) is 3.86. The monoisotopic (exact) mass is 465 g/mol. The highest BCUT2D eigenvalue weighted by Gasteiger charge is 2.18. The van der Waals surface area contributed by atoms with Crippen molar-refractivity contribution in [2.24, 2.45) is 0 Å². The summed E-state index contributed by atoms with van der Waals surface area (Å²) in [7, 11) is 1.57. The molecule has 0 saturated heterocycles. The summed E-state index contributed by atoms with van der Waals surface area (Å²) in [5, 5.41) is 3.28. The Kier molecular flexibility index (Phi) is 8.66. The number of thiophene rings is 1. The molecule has 0 fully saturated rings. The van der Waals surface area contributed by atoms with Crippen molar-refractivity contribution in [3.8, 4) is 11.5 Å². The number of ether oxygens (including phenoxy) is 3. The van der Waals surface area contributed by atoms with E-state index in [2.05, 4.69) is 5.32 Å². The van der Waals surface area contributed by atoms with Gasteiger partial charge in [-0.3, -0.25) is 4.79 Å². The zero-order valence-corrected chi connectivity index (χ0v) is 19.7. The Morgan fingerprint density at radius 3 is 2.52 bits per heavy atom. The molecule has 0 aliphatic carbocycles. The van der Waals surface area contributed by atoms with Crippen LogP contribution in [-0.4, -0.2) is 25.6 Å². The Hall–Kier alpha value is -3.58. The first-order chi connectivity index (χ1) is 16.0. The fraction of sp³-hybridized carbons (Fsp3) is 0.231. The number of carbonyl (C=O) groups is 2. The number of benzene rings is 2. The smallest absolute Gasteiger partial charge is 0.341 e. The van der Waals surface area contributed by atoms with E-state index in [1.54, 1.807) is 32.2 Å². The van der Waals surface area contributed by atoms with Crippen LogP contribution in [0.4, 0.5) is 5.00 Å². The van der Waals surface area contributed by atoms with E-state index >= 15 is 0 Å². The number of nitrogens with one attached hydrogen (secondary N) is 1. The lowest BCUT2D eigenvalue weighted by Gasteiger charge is -2.11. The van der Waals surface area contributed by atoms with Gasteiger partial charge in [-0.2, -0.15) is 0 Å². The number of rotatable bonds is 10. The molecule has 1 aromatic heterocycles. The van der Waals surface area contributed by atoms with Gasteiger partial charge in [-0.25, -0.2) is 4.79 Å². The van der Waals surface area contributed by atoms with Gasteiger partial charge in [-0.1, -0.05) is 43.3 Å². The topological polar surface area (TPSA) is 73.9 Å². The Bertz CT molecular complexity index is 1120. The number of carbonyl (C=O) groups excluding carboxylic acids is 2. The SMILES string of the molecule is CCOC(=O)c1cc(CC)sc1NC(=O)C=Cc1ccc(OCc2ccccc2)c(OC)c1. The number of esters is 1. The van der Waals surface area contributed by atoms with E-state index in [1.807, 2.05) is 49.4 Å². The highest BCUT2D eigenvalue weighted by Crippen LogP contribution is 2.31. The number of amides is 1. The summed E-state index contributed by atoms with van der Waals surface area (Å²) in [4.78, 5) is 25.7. The summed E-state index contributed by atoms with van der Waals surface area (Å²) in [5.41, 5.74) is 2.21. The molecule has 6 nitrogen and oxygen atoms in total. The summed E-state index contributed by atoms with van der Waals surface area (Å²) in [5.74, 6) is 0.411. The highest BCUT2D eigenvalue weighted by atomic mass is 32.1. The molecule has 3 aromatic rings. The van der Waals surface area contributed by atoms with Crippen LogP contribution in [0.1, 0.15) is 40.2 Å². The van der Waals surface area contributed by atoms with Crippen LogP contribution in [0, 0.1) is 0 Å². The van der Waals surface area contributed by atoms with E-state index in [1.165, 1.54) is 17.4 Å². The molecule has 0 saturated carbocycles. The largest absolute Gasteiger partial charge is 0.493 e. The predicted molar refractivity (Wildman–Crippen MR) is 131 cm³/mol. The molecular weight excluding hydrogens is 438 g/mol. The minimum absolute atomic E-state index is 0.274. The standard InChI is InChI=1S/C26H27NO5S/c1-4-20-16-21(26(29)31-5-2)25(33-20)27-24(28)14-12-18-11-13-22(23(15-18)30-3)32-17-19-9-7-6-8-10-19/h6-16H,4-5,17H2,1-3H3,(H,27,28). The second kappa shape index (κ2) is 11.9. The van der Waals surface area contributed by atoms with Crippen molar-refractivity contribution in [2.75, 3.05) is 19.0 Å². The third-order valence-electron chi connectivity index (χ3n) is 4.72. The van der Waals surface area contributed by atoms with Gasteiger partial charge in [0.25, 0.3) is 0 Å². The van der Waals surface area contributed by atoms with E-state index < -0.39 is 5.97 Å². The minimum atomic E-state index is -0.441. The normalized spacial score (nSPS) is 10.8. The van der Waals surface area contributed by atoms with E-state index in [4.69, 9.17) is 14.2 Å². The number of aryl methyl sites for hydroxylation is 1. The van der Waals surface area contributed by atoms with Crippen LogP contribution in [0.3, 0.4) is 0 Å². The summed E-state index contributed by atoms with van der Waals surface area (Å²) in [6.45, 7) is 4.44. The first-order valence-corrected chi connectivity index (χ1v) is 11.5. The summed E-state index contributed by atoms with van der Waals surface area (Å²) < 4.78 is 16.4. The molecule has 0 aliphatic heterocycles. The molecule has 0 atom stereocenters. The lowest BCUT2D eigenvalue weighted by molar-refractivity contribution is -0.111. The molecule has 7 heteroatoms. The van der Waals surface area contributed by atoms with Crippen LogP contribution in [0.5, 0.6) is 11.5 Å². The second-order valence-corrected chi connectivity index (χ2v) is 8.17. The molecular formula is C26H27NO5S.